The van der Waals surface area contributed by atoms with Crippen molar-refractivity contribution in [3.8, 4) is 11.8 Å². The molecule has 3 rings (SSSR count). The first-order chi connectivity index (χ1) is 13.3. The summed E-state index contributed by atoms with van der Waals surface area (Å²) in [7, 11) is 0. The lowest BCUT2D eigenvalue weighted by molar-refractivity contribution is 0.294. The van der Waals surface area contributed by atoms with Crippen LogP contribution in [0.1, 0.15) is 95.1 Å². The molecule has 0 amide bonds. The van der Waals surface area contributed by atoms with E-state index in [0.29, 0.717) is 5.92 Å². The van der Waals surface area contributed by atoms with Crippen LogP contribution in [-0.4, -0.2) is 0 Å². The highest BCUT2D eigenvalue weighted by Crippen LogP contribution is 2.35. The number of hydrogen-bond donors (Lipinski definition) is 0. The first-order valence-electron chi connectivity index (χ1n) is 11.5. The first-order valence-corrected chi connectivity index (χ1v) is 11.5. The van der Waals surface area contributed by atoms with E-state index in [-0.39, 0.29) is 0 Å². The third-order valence-electron chi connectivity index (χ3n) is 6.91. The van der Waals surface area contributed by atoms with Crippen molar-refractivity contribution in [2.24, 2.45) is 17.8 Å². The van der Waals surface area contributed by atoms with Crippen LogP contribution in [-0.2, 0) is 6.42 Å². The van der Waals surface area contributed by atoms with Crippen LogP contribution in [0.5, 0.6) is 0 Å². The van der Waals surface area contributed by atoms with Crippen molar-refractivity contribution in [1.82, 2.24) is 0 Å². The molecule has 1 aromatic carbocycles. The van der Waals surface area contributed by atoms with Crippen molar-refractivity contribution in [3.63, 3.8) is 0 Å². The van der Waals surface area contributed by atoms with Gasteiger partial charge in [0.25, 0.3) is 0 Å². The summed E-state index contributed by atoms with van der Waals surface area (Å²) in [5.74, 6) is 10.1. The Bertz CT molecular complexity index is 623. The zero-order chi connectivity index (χ0) is 18.9. The van der Waals surface area contributed by atoms with Crippen LogP contribution in [0.3, 0.4) is 0 Å². The molecule has 0 unspecified atom stereocenters. The average molecular weight is 363 g/mol. The van der Waals surface area contributed by atoms with Crippen LogP contribution in [0.2, 0.25) is 0 Å². The molecule has 2 aliphatic rings. The lowest BCUT2D eigenvalue weighted by atomic mass is 9.78. The molecule has 0 atom stereocenters. The van der Waals surface area contributed by atoms with Gasteiger partial charge in [-0.05, 0) is 92.7 Å². The molecule has 0 aliphatic heterocycles. The molecule has 1 aromatic rings. The van der Waals surface area contributed by atoms with Gasteiger partial charge in [0.1, 0.15) is 0 Å². The molecule has 0 heterocycles. The average Bonchev–Trinajstić information content (AvgIpc) is 2.73. The molecule has 2 aliphatic carbocycles. The second-order valence-corrected chi connectivity index (χ2v) is 8.86. The zero-order valence-electron chi connectivity index (χ0n) is 17.6. The lowest BCUT2D eigenvalue weighted by Gasteiger charge is -2.26. The van der Waals surface area contributed by atoms with E-state index >= 15 is 0 Å². The predicted octanol–water partition coefficient (Wildman–Crippen LogP) is 7.69. The third-order valence-corrected chi connectivity index (χ3v) is 6.91. The van der Waals surface area contributed by atoms with E-state index in [9.17, 15) is 0 Å². The molecular weight excluding hydrogens is 324 g/mol. The summed E-state index contributed by atoms with van der Waals surface area (Å²) in [6.07, 6.45) is 19.2. The fourth-order valence-corrected chi connectivity index (χ4v) is 5.02. The monoisotopic (exact) mass is 362 g/mol. The van der Waals surface area contributed by atoms with Gasteiger partial charge in [0, 0.05) is 5.92 Å². The highest BCUT2D eigenvalue weighted by atomic mass is 14.3. The largest absolute Gasteiger partial charge is 0.0951 e. The fourth-order valence-electron chi connectivity index (χ4n) is 5.02. The van der Waals surface area contributed by atoms with E-state index in [4.69, 9.17) is 0 Å². The molecule has 27 heavy (non-hydrogen) atoms. The second-order valence-electron chi connectivity index (χ2n) is 8.86. The standard InChI is InChI=1S/C27H38/c1-3-7-23-10-12-24(13-11-23)8-5-6-9-25-16-20-27(21-17-25)26-18-14-22(4-2)15-19-26/h5,8,14-15,18-19,23-25,27H,3-4,7,10-13,16-17,20-21H2,1-2H3/b8-5+. The summed E-state index contributed by atoms with van der Waals surface area (Å²) in [5.41, 5.74) is 2.99. The van der Waals surface area contributed by atoms with Crippen LogP contribution in [0.4, 0.5) is 0 Å². The Kier molecular flexibility index (Phi) is 8.07. The van der Waals surface area contributed by atoms with Gasteiger partial charge in [-0.1, -0.05) is 68.9 Å². The minimum absolute atomic E-state index is 0.612. The number of aryl methyl sites for hydroxylation is 1. The van der Waals surface area contributed by atoms with Crippen molar-refractivity contribution in [2.45, 2.75) is 90.4 Å². The van der Waals surface area contributed by atoms with Gasteiger partial charge in [-0.3, -0.25) is 0 Å². The van der Waals surface area contributed by atoms with Crippen molar-refractivity contribution in [2.75, 3.05) is 0 Å². The maximum atomic E-state index is 3.54. The summed E-state index contributed by atoms with van der Waals surface area (Å²) >= 11 is 0. The summed E-state index contributed by atoms with van der Waals surface area (Å²) in [4.78, 5) is 0. The molecule has 0 spiro atoms. The van der Waals surface area contributed by atoms with Gasteiger partial charge < -0.3 is 0 Å². The SMILES string of the molecule is CCCC1CCC(/C=C/C#CC2CCC(c3ccc(CC)cc3)CC2)CC1. The van der Waals surface area contributed by atoms with Crippen molar-refractivity contribution >= 4 is 0 Å². The fraction of sp³-hybridized carbons (Fsp3) is 0.630. The highest BCUT2D eigenvalue weighted by molar-refractivity contribution is 5.26. The van der Waals surface area contributed by atoms with Gasteiger partial charge >= 0.3 is 0 Å². The smallest absolute Gasteiger partial charge is 0.0206 e. The third kappa shape index (κ3) is 6.27. The van der Waals surface area contributed by atoms with E-state index in [0.717, 1.165) is 24.2 Å². The first kappa shape index (κ1) is 20.3. The summed E-state index contributed by atoms with van der Waals surface area (Å²) in [6, 6.07) is 9.32. The maximum Gasteiger partial charge on any atom is 0.0206 e. The molecule has 0 bridgehead atoms. The van der Waals surface area contributed by atoms with Crippen LogP contribution >= 0.6 is 0 Å². The summed E-state index contributed by atoms with van der Waals surface area (Å²) < 4.78 is 0. The Morgan fingerprint density at radius 1 is 0.889 bits per heavy atom. The Morgan fingerprint density at radius 2 is 1.59 bits per heavy atom. The topological polar surface area (TPSA) is 0 Å². The van der Waals surface area contributed by atoms with Gasteiger partial charge in [0.15, 0.2) is 0 Å². The Balaban J connectivity index is 1.39. The molecule has 0 saturated heterocycles. The van der Waals surface area contributed by atoms with Gasteiger partial charge in [0.05, 0.1) is 0 Å². The van der Waals surface area contributed by atoms with Crippen molar-refractivity contribution in [3.05, 3.63) is 47.5 Å². The Morgan fingerprint density at radius 3 is 2.22 bits per heavy atom. The molecule has 0 radical (unpaired) electrons. The van der Waals surface area contributed by atoms with Crippen LogP contribution < -0.4 is 0 Å². The minimum Gasteiger partial charge on any atom is -0.0951 e. The molecule has 0 nitrogen and oxygen atoms in total. The predicted molar refractivity (Wildman–Crippen MR) is 118 cm³/mol. The molecular formula is C27H38. The van der Waals surface area contributed by atoms with Gasteiger partial charge in [-0.25, -0.2) is 0 Å². The molecule has 2 saturated carbocycles. The van der Waals surface area contributed by atoms with Crippen molar-refractivity contribution in [1.29, 1.82) is 0 Å². The molecule has 0 aromatic heterocycles. The molecule has 2 fully saturated rings. The number of hydrogen-bond acceptors (Lipinski definition) is 0. The van der Waals surface area contributed by atoms with Gasteiger partial charge in [-0.2, -0.15) is 0 Å². The number of rotatable bonds is 5. The maximum absolute atomic E-state index is 3.54. The van der Waals surface area contributed by atoms with Crippen LogP contribution in [0.25, 0.3) is 0 Å². The molecule has 146 valence electrons. The quantitative estimate of drug-likeness (QED) is 0.471. The van der Waals surface area contributed by atoms with E-state index in [2.05, 4.69) is 62.1 Å². The Labute approximate surface area is 167 Å². The number of benzene rings is 1. The van der Waals surface area contributed by atoms with E-state index < -0.39 is 0 Å². The van der Waals surface area contributed by atoms with Gasteiger partial charge in [0.2, 0.25) is 0 Å². The zero-order valence-corrected chi connectivity index (χ0v) is 17.6. The molecule has 0 heteroatoms. The van der Waals surface area contributed by atoms with Crippen molar-refractivity contribution < 1.29 is 0 Å². The van der Waals surface area contributed by atoms with Gasteiger partial charge in [-0.15, -0.1) is 0 Å². The Hall–Kier alpha value is -1.48. The van der Waals surface area contributed by atoms with Crippen LogP contribution in [0.15, 0.2) is 36.4 Å². The summed E-state index contributed by atoms with van der Waals surface area (Å²) in [6.45, 7) is 4.54. The van der Waals surface area contributed by atoms with E-state index in [1.54, 1.807) is 0 Å². The van der Waals surface area contributed by atoms with E-state index in [1.807, 2.05) is 0 Å². The lowest BCUT2D eigenvalue weighted by Crippen LogP contribution is -2.12. The van der Waals surface area contributed by atoms with E-state index in [1.165, 1.54) is 75.3 Å². The summed E-state index contributed by atoms with van der Waals surface area (Å²) in [5, 5.41) is 0. The molecule has 0 N–H and O–H groups in total. The number of allylic oxidation sites excluding steroid dienone is 2. The normalized spacial score (nSPS) is 28.7. The second kappa shape index (κ2) is 10.8. The van der Waals surface area contributed by atoms with Crippen LogP contribution in [0, 0.1) is 29.6 Å². The highest BCUT2D eigenvalue weighted by Gasteiger charge is 2.21. The minimum atomic E-state index is 0.612.